The summed E-state index contributed by atoms with van der Waals surface area (Å²) < 4.78 is 0. The van der Waals surface area contributed by atoms with Crippen molar-refractivity contribution < 1.29 is 9.59 Å². The molecule has 33 heavy (non-hydrogen) atoms. The fourth-order valence-corrected chi connectivity index (χ4v) is 4.08. The average molecular weight is 483 g/mol. The second-order valence-electron chi connectivity index (χ2n) is 7.72. The van der Waals surface area contributed by atoms with Gasteiger partial charge in [0.2, 0.25) is 5.91 Å². The van der Waals surface area contributed by atoms with Crippen LogP contribution in [0.15, 0.2) is 59.9 Å². The van der Waals surface area contributed by atoms with Crippen LogP contribution in [0.1, 0.15) is 40.5 Å². The van der Waals surface area contributed by atoms with Gasteiger partial charge in [-0.15, -0.1) is 0 Å². The fourth-order valence-electron chi connectivity index (χ4n) is 3.23. The lowest BCUT2D eigenvalue weighted by Gasteiger charge is -2.20. The Morgan fingerprint density at radius 1 is 1.12 bits per heavy atom. The van der Waals surface area contributed by atoms with E-state index in [-0.39, 0.29) is 16.6 Å². The predicted molar refractivity (Wildman–Crippen MR) is 134 cm³/mol. The Hall–Kier alpha value is -2.90. The summed E-state index contributed by atoms with van der Waals surface area (Å²) >= 11 is 7.67. The van der Waals surface area contributed by atoms with Gasteiger partial charge in [0, 0.05) is 17.9 Å². The van der Waals surface area contributed by atoms with Crippen LogP contribution >= 0.6 is 23.4 Å². The minimum absolute atomic E-state index is 0.0580. The molecular formula is C25H27ClN4O2S. The number of hydrogen-bond donors (Lipinski definition) is 2. The van der Waals surface area contributed by atoms with Gasteiger partial charge in [-0.05, 0) is 37.5 Å². The number of hydrogen-bond acceptors (Lipinski definition) is 5. The minimum Gasteiger partial charge on any atom is -0.338 e. The van der Waals surface area contributed by atoms with Gasteiger partial charge in [-0.25, -0.2) is 9.97 Å². The monoisotopic (exact) mass is 482 g/mol. The third kappa shape index (κ3) is 7.04. The molecule has 2 N–H and O–H groups in total. The molecular weight excluding hydrogens is 456 g/mol. The Balaban J connectivity index is 1.83. The third-order valence-electron chi connectivity index (χ3n) is 4.92. The topological polar surface area (TPSA) is 84.0 Å². The summed E-state index contributed by atoms with van der Waals surface area (Å²) in [5, 5.41) is 6.38. The zero-order chi connectivity index (χ0) is 23.8. The van der Waals surface area contributed by atoms with Crippen molar-refractivity contribution in [2.75, 3.05) is 11.1 Å². The molecule has 3 rings (SSSR count). The number of rotatable bonds is 9. The van der Waals surface area contributed by atoms with Crippen molar-refractivity contribution in [1.29, 1.82) is 0 Å². The van der Waals surface area contributed by atoms with E-state index in [0.29, 0.717) is 17.3 Å². The number of nitrogens with zero attached hydrogens (tertiary/aromatic N) is 2. The smallest absolute Gasteiger partial charge is 0.272 e. The second-order valence-corrected chi connectivity index (χ2v) is 9.19. The number of carbonyl (C=O) groups excluding carboxylic acids is 2. The summed E-state index contributed by atoms with van der Waals surface area (Å²) in [5.74, 6) is -0.000153. The quantitative estimate of drug-likeness (QED) is 0.322. The normalized spacial score (nSPS) is 11.6. The second kappa shape index (κ2) is 11.8. The minimum atomic E-state index is -0.821. The number of aryl methyl sites for hydroxylation is 2. The summed E-state index contributed by atoms with van der Waals surface area (Å²) in [6, 6.07) is 14.5. The molecule has 2 aromatic carbocycles. The first-order chi connectivity index (χ1) is 15.9. The molecule has 2 amide bonds. The van der Waals surface area contributed by atoms with Crippen molar-refractivity contribution in [1.82, 2.24) is 15.3 Å². The highest BCUT2D eigenvalue weighted by molar-refractivity contribution is 7.99. The first-order valence-corrected chi connectivity index (χ1v) is 12.1. The van der Waals surface area contributed by atoms with Gasteiger partial charge in [-0.3, -0.25) is 9.59 Å². The van der Waals surface area contributed by atoms with Crippen molar-refractivity contribution in [3.05, 3.63) is 82.1 Å². The van der Waals surface area contributed by atoms with Crippen LogP contribution in [0, 0.1) is 13.8 Å². The largest absolute Gasteiger partial charge is 0.338 e. The summed E-state index contributed by atoms with van der Waals surface area (Å²) in [5.41, 5.74) is 3.74. The van der Waals surface area contributed by atoms with E-state index in [1.807, 2.05) is 62.4 Å². The molecule has 0 aliphatic carbocycles. The maximum absolute atomic E-state index is 13.2. The van der Waals surface area contributed by atoms with Crippen molar-refractivity contribution in [2.45, 2.75) is 44.8 Å². The molecule has 8 heteroatoms. The van der Waals surface area contributed by atoms with Crippen LogP contribution < -0.4 is 10.6 Å². The van der Waals surface area contributed by atoms with Gasteiger partial charge in [0.05, 0.1) is 11.2 Å². The van der Waals surface area contributed by atoms with Gasteiger partial charge >= 0.3 is 0 Å². The van der Waals surface area contributed by atoms with Crippen LogP contribution in [0.4, 0.5) is 5.69 Å². The van der Waals surface area contributed by atoms with E-state index in [9.17, 15) is 9.59 Å². The lowest BCUT2D eigenvalue weighted by molar-refractivity contribution is -0.118. The van der Waals surface area contributed by atoms with E-state index in [2.05, 4.69) is 27.5 Å². The van der Waals surface area contributed by atoms with Gasteiger partial charge in [0.1, 0.15) is 6.04 Å². The van der Waals surface area contributed by atoms with Gasteiger partial charge < -0.3 is 10.6 Å². The van der Waals surface area contributed by atoms with E-state index >= 15 is 0 Å². The zero-order valence-corrected chi connectivity index (χ0v) is 20.5. The highest BCUT2D eigenvalue weighted by atomic mass is 35.5. The van der Waals surface area contributed by atoms with Crippen LogP contribution in [0.25, 0.3) is 0 Å². The van der Waals surface area contributed by atoms with E-state index in [4.69, 9.17) is 11.6 Å². The Morgan fingerprint density at radius 2 is 1.88 bits per heavy atom. The highest BCUT2D eigenvalue weighted by Gasteiger charge is 2.25. The van der Waals surface area contributed by atoms with Crippen LogP contribution in [0.5, 0.6) is 0 Å². The zero-order valence-electron chi connectivity index (χ0n) is 18.9. The van der Waals surface area contributed by atoms with E-state index in [0.717, 1.165) is 28.9 Å². The maximum atomic E-state index is 13.2. The van der Waals surface area contributed by atoms with Crippen molar-refractivity contribution in [2.24, 2.45) is 0 Å². The van der Waals surface area contributed by atoms with Crippen molar-refractivity contribution in [3.63, 3.8) is 0 Å². The lowest BCUT2D eigenvalue weighted by atomic mass is 10.0. The summed E-state index contributed by atoms with van der Waals surface area (Å²) in [7, 11) is 0. The standard InChI is InChI=1S/C25H27ClN4O2S/c1-4-12-33-25-27-15-19(26)22(30-25)24(32)29-21(14-18-8-6-5-7-9-18)23(31)28-20-11-10-16(2)13-17(20)3/h5-11,13,15,21H,4,12,14H2,1-3H3,(H,28,31)(H,29,32)/t21-/m1/s1. The molecule has 0 unspecified atom stereocenters. The molecule has 0 aliphatic heterocycles. The molecule has 0 saturated carbocycles. The maximum Gasteiger partial charge on any atom is 0.272 e. The molecule has 172 valence electrons. The van der Waals surface area contributed by atoms with Gasteiger partial charge in [0.15, 0.2) is 10.9 Å². The third-order valence-corrected chi connectivity index (χ3v) is 6.26. The van der Waals surface area contributed by atoms with Crippen LogP contribution in [0.3, 0.4) is 0 Å². The number of amides is 2. The number of thioether (sulfide) groups is 1. The van der Waals surface area contributed by atoms with Crippen molar-refractivity contribution in [3.8, 4) is 0 Å². The summed E-state index contributed by atoms with van der Waals surface area (Å²) in [6.45, 7) is 5.98. The van der Waals surface area contributed by atoms with Gasteiger partial charge in [-0.1, -0.05) is 78.3 Å². The first kappa shape index (κ1) is 24.7. The summed E-state index contributed by atoms with van der Waals surface area (Å²) in [6.07, 6.45) is 2.70. The Kier molecular flexibility index (Phi) is 8.86. The molecule has 0 spiro atoms. The van der Waals surface area contributed by atoms with E-state index in [1.165, 1.54) is 18.0 Å². The Labute approximate surface area is 203 Å². The van der Waals surface area contributed by atoms with Crippen LogP contribution in [-0.2, 0) is 11.2 Å². The Morgan fingerprint density at radius 3 is 2.58 bits per heavy atom. The number of benzene rings is 2. The fraction of sp³-hybridized carbons (Fsp3) is 0.280. The number of carbonyl (C=O) groups is 2. The molecule has 1 atom stereocenters. The van der Waals surface area contributed by atoms with Gasteiger partial charge in [-0.2, -0.15) is 0 Å². The molecule has 6 nitrogen and oxygen atoms in total. The van der Waals surface area contributed by atoms with E-state index < -0.39 is 11.9 Å². The highest BCUT2D eigenvalue weighted by Crippen LogP contribution is 2.20. The lowest BCUT2D eigenvalue weighted by Crippen LogP contribution is -2.45. The number of nitrogens with one attached hydrogen (secondary N) is 2. The van der Waals surface area contributed by atoms with E-state index in [1.54, 1.807) is 0 Å². The molecule has 3 aromatic rings. The molecule has 1 heterocycles. The van der Waals surface area contributed by atoms with Crippen molar-refractivity contribution >= 4 is 40.9 Å². The predicted octanol–water partition coefficient (Wildman–Crippen LogP) is 5.23. The molecule has 0 aliphatic rings. The molecule has 0 fully saturated rings. The SMILES string of the molecule is CCCSc1ncc(Cl)c(C(=O)N[C@H](Cc2ccccc2)C(=O)Nc2ccc(C)cc2C)n1. The molecule has 0 saturated heterocycles. The summed E-state index contributed by atoms with van der Waals surface area (Å²) in [4.78, 5) is 34.8. The average Bonchev–Trinajstić information content (AvgIpc) is 2.80. The number of aromatic nitrogens is 2. The number of halogens is 1. The first-order valence-electron chi connectivity index (χ1n) is 10.8. The Bertz CT molecular complexity index is 1120. The van der Waals surface area contributed by atoms with Gasteiger partial charge in [0.25, 0.3) is 5.91 Å². The van der Waals surface area contributed by atoms with Crippen LogP contribution in [-0.4, -0.2) is 33.6 Å². The van der Waals surface area contributed by atoms with Crippen LogP contribution in [0.2, 0.25) is 5.02 Å². The molecule has 1 aromatic heterocycles. The number of anilines is 1. The molecule has 0 bridgehead atoms. The molecule has 0 radical (unpaired) electrons.